The molecule has 25 heavy (non-hydrogen) atoms. The number of hydrogen-bond donors (Lipinski definition) is 0. The zero-order valence-electron chi connectivity index (χ0n) is 15.0. The molecule has 132 valence electrons. The van der Waals surface area contributed by atoms with Crippen molar-refractivity contribution in [1.29, 1.82) is 0 Å². The summed E-state index contributed by atoms with van der Waals surface area (Å²) in [4.78, 5) is 16.5. The Kier molecular flexibility index (Phi) is 4.38. The van der Waals surface area contributed by atoms with Crippen LogP contribution in [0, 0.1) is 13.8 Å². The molecule has 0 atom stereocenters. The number of rotatable bonds is 3. The van der Waals surface area contributed by atoms with Gasteiger partial charge in [-0.25, -0.2) is 4.98 Å². The van der Waals surface area contributed by atoms with E-state index in [0.717, 1.165) is 68.2 Å². The van der Waals surface area contributed by atoms with Crippen molar-refractivity contribution < 1.29 is 0 Å². The molecule has 4 rings (SSSR count). The van der Waals surface area contributed by atoms with E-state index in [-0.39, 0.29) is 0 Å². The second kappa shape index (κ2) is 6.82. The molecule has 7 heteroatoms. The Bertz CT molecular complexity index is 717. The van der Waals surface area contributed by atoms with Crippen molar-refractivity contribution in [1.82, 2.24) is 20.2 Å². The average molecular weight is 339 g/mol. The molecule has 0 unspecified atom stereocenters. The Balaban J connectivity index is 1.46. The molecule has 0 spiro atoms. The van der Waals surface area contributed by atoms with Gasteiger partial charge in [-0.1, -0.05) is 0 Å². The van der Waals surface area contributed by atoms with E-state index in [1.807, 2.05) is 19.1 Å². The largest absolute Gasteiger partial charge is 0.356 e. The second-order valence-corrected chi connectivity index (χ2v) is 6.87. The van der Waals surface area contributed by atoms with Crippen molar-refractivity contribution in [3.8, 4) is 0 Å². The standard InChI is InChI=1S/C18H25N7/c1-14-5-6-16(22-21-14)24-9-11-25(12-10-24)18-19-15(2)13-17(20-18)23-7-3-4-8-23/h5-6,13H,3-4,7-12H2,1-2H3. The molecule has 2 aliphatic rings. The normalized spacial score (nSPS) is 18.1. The Morgan fingerprint density at radius 1 is 0.680 bits per heavy atom. The summed E-state index contributed by atoms with van der Waals surface area (Å²) in [6.45, 7) is 9.86. The highest BCUT2D eigenvalue weighted by Crippen LogP contribution is 2.22. The third kappa shape index (κ3) is 3.50. The minimum Gasteiger partial charge on any atom is -0.356 e. The van der Waals surface area contributed by atoms with Crippen molar-refractivity contribution in [2.24, 2.45) is 0 Å². The molecule has 0 aromatic carbocycles. The van der Waals surface area contributed by atoms with Crippen LogP contribution in [0.4, 0.5) is 17.6 Å². The van der Waals surface area contributed by atoms with Crippen LogP contribution in [0.25, 0.3) is 0 Å². The van der Waals surface area contributed by atoms with Crippen molar-refractivity contribution in [3.63, 3.8) is 0 Å². The van der Waals surface area contributed by atoms with Crippen LogP contribution in [-0.2, 0) is 0 Å². The van der Waals surface area contributed by atoms with E-state index < -0.39 is 0 Å². The minimum atomic E-state index is 0.858. The maximum atomic E-state index is 4.84. The molecule has 2 fully saturated rings. The molecule has 0 aliphatic carbocycles. The smallest absolute Gasteiger partial charge is 0.227 e. The van der Waals surface area contributed by atoms with E-state index in [4.69, 9.17) is 4.98 Å². The van der Waals surface area contributed by atoms with Crippen LogP contribution < -0.4 is 14.7 Å². The van der Waals surface area contributed by atoms with Gasteiger partial charge in [0, 0.05) is 51.0 Å². The average Bonchev–Trinajstić information content (AvgIpc) is 3.17. The van der Waals surface area contributed by atoms with Crippen molar-refractivity contribution >= 4 is 17.6 Å². The molecule has 0 saturated carbocycles. The lowest BCUT2D eigenvalue weighted by Crippen LogP contribution is -2.47. The molecular weight excluding hydrogens is 314 g/mol. The first-order valence-corrected chi connectivity index (χ1v) is 9.10. The van der Waals surface area contributed by atoms with Crippen LogP contribution in [-0.4, -0.2) is 59.4 Å². The number of piperazine rings is 1. The zero-order chi connectivity index (χ0) is 17.2. The van der Waals surface area contributed by atoms with Gasteiger partial charge in [0.25, 0.3) is 0 Å². The van der Waals surface area contributed by atoms with Gasteiger partial charge in [0.15, 0.2) is 5.82 Å². The Labute approximate surface area is 148 Å². The molecule has 2 saturated heterocycles. The van der Waals surface area contributed by atoms with E-state index in [0.29, 0.717) is 0 Å². The van der Waals surface area contributed by atoms with Crippen molar-refractivity contribution in [3.05, 3.63) is 29.6 Å². The molecule has 7 nitrogen and oxygen atoms in total. The van der Waals surface area contributed by atoms with E-state index in [2.05, 4.69) is 42.9 Å². The van der Waals surface area contributed by atoms with Gasteiger partial charge in [-0.15, -0.1) is 5.10 Å². The Hall–Kier alpha value is -2.44. The monoisotopic (exact) mass is 339 g/mol. The third-order valence-electron chi connectivity index (χ3n) is 4.93. The number of nitrogens with zero attached hydrogens (tertiary/aromatic N) is 7. The lowest BCUT2D eigenvalue weighted by atomic mass is 10.3. The topological polar surface area (TPSA) is 61.3 Å². The van der Waals surface area contributed by atoms with Crippen LogP contribution in [0.1, 0.15) is 24.2 Å². The summed E-state index contributed by atoms with van der Waals surface area (Å²) >= 11 is 0. The van der Waals surface area contributed by atoms with E-state index >= 15 is 0 Å². The van der Waals surface area contributed by atoms with Crippen LogP contribution >= 0.6 is 0 Å². The molecule has 2 aromatic rings. The lowest BCUT2D eigenvalue weighted by Gasteiger charge is -2.35. The summed E-state index contributed by atoms with van der Waals surface area (Å²) in [5.41, 5.74) is 1.99. The quantitative estimate of drug-likeness (QED) is 0.845. The van der Waals surface area contributed by atoms with Crippen LogP contribution in [0.3, 0.4) is 0 Å². The van der Waals surface area contributed by atoms with Crippen LogP contribution in [0.2, 0.25) is 0 Å². The summed E-state index contributed by atoms with van der Waals surface area (Å²) in [5, 5.41) is 8.46. The minimum absolute atomic E-state index is 0.858. The van der Waals surface area contributed by atoms with Crippen molar-refractivity contribution in [2.75, 3.05) is 54.0 Å². The molecule has 2 aliphatic heterocycles. The van der Waals surface area contributed by atoms with Gasteiger partial charge in [0.05, 0.1) is 5.69 Å². The summed E-state index contributed by atoms with van der Waals surface area (Å²) in [7, 11) is 0. The molecule has 2 aromatic heterocycles. The lowest BCUT2D eigenvalue weighted by molar-refractivity contribution is 0.629. The van der Waals surface area contributed by atoms with Crippen LogP contribution in [0.15, 0.2) is 18.2 Å². The van der Waals surface area contributed by atoms with Gasteiger partial charge >= 0.3 is 0 Å². The highest BCUT2D eigenvalue weighted by Gasteiger charge is 2.22. The van der Waals surface area contributed by atoms with Gasteiger partial charge in [-0.3, -0.25) is 0 Å². The maximum Gasteiger partial charge on any atom is 0.227 e. The van der Waals surface area contributed by atoms with Gasteiger partial charge < -0.3 is 14.7 Å². The van der Waals surface area contributed by atoms with E-state index in [9.17, 15) is 0 Å². The third-order valence-corrected chi connectivity index (χ3v) is 4.93. The molecule has 0 amide bonds. The first kappa shape index (κ1) is 16.1. The van der Waals surface area contributed by atoms with E-state index in [1.165, 1.54) is 12.8 Å². The highest BCUT2D eigenvalue weighted by molar-refractivity contribution is 5.48. The number of aryl methyl sites for hydroxylation is 2. The van der Waals surface area contributed by atoms with Gasteiger partial charge in [-0.05, 0) is 38.8 Å². The van der Waals surface area contributed by atoms with Gasteiger partial charge in [0.1, 0.15) is 5.82 Å². The molecule has 4 heterocycles. The summed E-state index contributed by atoms with van der Waals surface area (Å²) in [6.07, 6.45) is 2.52. The zero-order valence-corrected chi connectivity index (χ0v) is 15.0. The van der Waals surface area contributed by atoms with Crippen LogP contribution in [0.5, 0.6) is 0 Å². The maximum absolute atomic E-state index is 4.84. The Morgan fingerprint density at radius 2 is 1.36 bits per heavy atom. The Morgan fingerprint density at radius 3 is 2.04 bits per heavy atom. The first-order chi connectivity index (χ1) is 12.2. The predicted octanol–water partition coefficient (Wildman–Crippen LogP) is 1.81. The molecular formula is C18H25N7. The molecule has 0 radical (unpaired) electrons. The molecule has 0 bridgehead atoms. The van der Waals surface area contributed by atoms with E-state index in [1.54, 1.807) is 0 Å². The predicted molar refractivity (Wildman–Crippen MR) is 99.4 cm³/mol. The second-order valence-electron chi connectivity index (χ2n) is 6.87. The van der Waals surface area contributed by atoms with Gasteiger partial charge in [0.2, 0.25) is 5.95 Å². The van der Waals surface area contributed by atoms with Crippen molar-refractivity contribution in [2.45, 2.75) is 26.7 Å². The summed E-state index contributed by atoms with van der Waals surface area (Å²) in [5.74, 6) is 2.89. The fourth-order valence-corrected chi connectivity index (χ4v) is 3.48. The first-order valence-electron chi connectivity index (χ1n) is 9.10. The number of aromatic nitrogens is 4. The summed E-state index contributed by atoms with van der Waals surface area (Å²) in [6, 6.07) is 6.17. The molecule has 0 N–H and O–H groups in total. The highest BCUT2D eigenvalue weighted by atomic mass is 15.4. The fraction of sp³-hybridized carbons (Fsp3) is 0.556. The SMILES string of the molecule is Cc1ccc(N2CCN(c3nc(C)cc(N4CCCC4)n3)CC2)nn1. The number of hydrogen-bond acceptors (Lipinski definition) is 7. The fourth-order valence-electron chi connectivity index (χ4n) is 3.48. The number of anilines is 3. The summed E-state index contributed by atoms with van der Waals surface area (Å²) < 4.78 is 0. The van der Waals surface area contributed by atoms with Gasteiger partial charge in [-0.2, -0.15) is 10.1 Å².